The Morgan fingerprint density at radius 1 is 1.44 bits per heavy atom. The molecule has 0 aromatic rings. The number of amides is 1. The Balaban J connectivity index is 4.67. The summed E-state index contributed by atoms with van der Waals surface area (Å²) in [6.07, 6.45) is -3.93. The van der Waals surface area contributed by atoms with Gasteiger partial charge < -0.3 is 10.6 Å². The lowest BCUT2D eigenvalue weighted by molar-refractivity contribution is -0.193. The molecule has 0 fully saturated rings. The topological polar surface area (TPSA) is 46.3 Å². The van der Waals surface area contributed by atoms with Gasteiger partial charge in [0.15, 0.2) is 5.54 Å². The maximum atomic E-state index is 12.5. The van der Waals surface area contributed by atoms with Crippen molar-refractivity contribution < 1.29 is 18.0 Å². The number of hydrogen-bond donors (Lipinski definition) is 1. The molecule has 0 aliphatic rings. The Labute approximate surface area is 93.8 Å². The summed E-state index contributed by atoms with van der Waals surface area (Å²) in [4.78, 5) is 12.6. The molecular weight excluding hydrogens is 221 g/mol. The molecule has 0 saturated carbocycles. The first kappa shape index (κ1) is 15.2. The van der Waals surface area contributed by atoms with Gasteiger partial charge >= 0.3 is 6.18 Å². The van der Waals surface area contributed by atoms with Crippen molar-refractivity contribution >= 4 is 5.91 Å². The van der Waals surface area contributed by atoms with Gasteiger partial charge in [-0.25, -0.2) is 0 Å². The molecule has 0 saturated heterocycles. The summed E-state index contributed by atoms with van der Waals surface area (Å²) in [7, 11) is 1.34. The Kier molecular flexibility index (Phi) is 4.79. The number of carbonyl (C=O) groups is 1. The molecule has 0 heterocycles. The SMILES string of the molecule is CCC(C)CN(C)C(=O)C(C)(N)C(F)(F)F. The molecule has 0 aromatic heterocycles. The predicted molar refractivity (Wildman–Crippen MR) is 55.7 cm³/mol. The van der Waals surface area contributed by atoms with E-state index in [1.165, 1.54) is 7.05 Å². The average Bonchev–Trinajstić information content (AvgIpc) is 2.14. The van der Waals surface area contributed by atoms with Crippen LogP contribution in [0.15, 0.2) is 0 Å². The number of rotatable bonds is 4. The zero-order valence-electron chi connectivity index (χ0n) is 10.1. The third-order valence-electron chi connectivity index (χ3n) is 2.66. The summed E-state index contributed by atoms with van der Waals surface area (Å²) < 4.78 is 37.5. The molecule has 0 aliphatic carbocycles. The van der Waals surface area contributed by atoms with Gasteiger partial charge in [-0.05, 0) is 12.8 Å². The summed E-state index contributed by atoms with van der Waals surface area (Å²) in [5, 5.41) is 0. The largest absolute Gasteiger partial charge is 0.415 e. The van der Waals surface area contributed by atoms with Crippen LogP contribution < -0.4 is 5.73 Å². The number of likely N-dealkylation sites (N-methyl/N-ethyl adjacent to an activating group) is 1. The van der Waals surface area contributed by atoms with E-state index in [2.05, 4.69) is 0 Å². The van der Waals surface area contributed by atoms with E-state index < -0.39 is 17.6 Å². The van der Waals surface area contributed by atoms with Crippen LogP contribution in [0.25, 0.3) is 0 Å². The van der Waals surface area contributed by atoms with Crippen LogP contribution in [0.3, 0.4) is 0 Å². The Morgan fingerprint density at radius 2 is 1.88 bits per heavy atom. The fraction of sp³-hybridized carbons (Fsp3) is 0.900. The molecule has 16 heavy (non-hydrogen) atoms. The van der Waals surface area contributed by atoms with Crippen LogP contribution in [-0.4, -0.2) is 36.1 Å². The van der Waals surface area contributed by atoms with E-state index in [1.807, 2.05) is 13.8 Å². The minimum atomic E-state index is -4.73. The molecule has 1 amide bonds. The summed E-state index contributed by atoms with van der Waals surface area (Å²) in [6.45, 7) is 4.75. The molecule has 2 atom stereocenters. The lowest BCUT2D eigenvalue weighted by Gasteiger charge is -2.32. The van der Waals surface area contributed by atoms with Crippen molar-refractivity contribution in [3.8, 4) is 0 Å². The van der Waals surface area contributed by atoms with E-state index in [-0.39, 0.29) is 12.5 Å². The highest BCUT2D eigenvalue weighted by molar-refractivity contribution is 5.86. The normalized spacial score (nSPS) is 17.8. The van der Waals surface area contributed by atoms with Gasteiger partial charge in [-0.3, -0.25) is 4.79 Å². The lowest BCUT2D eigenvalue weighted by Crippen LogP contribution is -2.61. The monoisotopic (exact) mass is 240 g/mol. The first-order chi connectivity index (χ1) is 7.04. The van der Waals surface area contributed by atoms with Gasteiger partial charge in [0.1, 0.15) is 0 Å². The van der Waals surface area contributed by atoms with Crippen LogP contribution >= 0.6 is 0 Å². The molecule has 0 aromatic carbocycles. The van der Waals surface area contributed by atoms with E-state index >= 15 is 0 Å². The minimum Gasteiger partial charge on any atom is -0.344 e. The van der Waals surface area contributed by atoms with Crippen LogP contribution in [0.2, 0.25) is 0 Å². The van der Waals surface area contributed by atoms with Crippen LogP contribution in [0.1, 0.15) is 27.2 Å². The number of halogens is 3. The van der Waals surface area contributed by atoms with E-state index in [4.69, 9.17) is 5.73 Å². The van der Waals surface area contributed by atoms with Gasteiger partial charge in [-0.15, -0.1) is 0 Å². The van der Waals surface area contributed by atoms with Gasteiger partial charge in [-0.1, -0.05) is 20.3 Å². The molecule has 2 N–H and O–H groups in total. The van der Waals surface area contributed by atoms with E-state index in [1.54, 1.807) is 0 Å². The second kappa shape index (κ2) is 5.03. The fourth-order valence-electron chi connectivity index (χ4n) is 1.20. The van der Waals surface area contributed by atoms with Crippen molar-refractivity contribution in [2.24, 2.45) is 11.7 Å². The molecule has 0 aliphatic heterocycles. The zero-order valence-corrected chi connectivity index (χ0v) is 10.1. The Morgan fingerprint density at radius 3 is 2.19 bits per heavy atom. The summed E-state index contributed by atoms with van der Waals surface area (Å²) in [5.41, 5.74) is 2.23. The van der Waals surface area contributed by atoms with Gasteiger partial charge in [0.05, 0.1) is 0 Å². The second-order valence-electron chi connectivity index (χ2n) is 4.40. The highest BCUT2D eigenvalue weighted by Crippen LogP contribution is 2.29. The molecule has 2 unspecified atom stereocenters. The van der Waals surface area contributed by atoms with Gasteiger partial charge in [0.25, 0.3) is 5.91 Å². The van der Waals surface area contributed by atoms with Crippen molar-refractivity contribution in [1.82, 2.24) is 4.90 Å². The molecular formula is C10H19F3N2O. The fourth-order valence-corrected chi connectivity index (χ4v) is 1.20. The molecule has 0 spiro atoms. The molecule has 6 heteroatoms. The zero-order chi connectivity index (χ0) is 13.1. The van der Waals surface area contributed by atoms with E-state index in [0.717, 1.165) is 11.3 Å². The number of nitrogens with two attached hydrogens (primary N) is 1. The van der Waals surface area contributed by atoms with Crippen molar-refractivity contribution in [2.75, 3.05) is 13.6 Å². The summed E-state index contributed by atoms with van der Waals surface area (Å²) in [6, 6.07) is 0. The van der Waals surface area contributed by atoms with Crippen molar-refractivity contribution in [1.29, 1.82) is 0 Å². The number of alkyl halides is 3. The average molecular weight is 240 g/mol. The maximum Gasteiger partial charge on any atom is 0.415 e. The van der Waals surface area contributed by atoms with Crippen molar-refractivity contribution in [2.45, 2.75) is 38.9 Å². The van der Waals surface area contributed by atoms with E-state index in [9.17, 15) is 18.0 Å². The lowest BCUT2D eigenvalue weighted by atomic mass is 10.0. The van der Waals surface area contributed by atoms with Gasteiger partial charge in [0.2, 0.25) is 0 Å². The third-order valence-corrected chi connectivity index (χ3v) is 2.66. The molecule has 3 nitrogen and oxygen atoms in total. The predicted octanol–water partition coefficient (Wildman–Crippen LogP) is 1.77. The highest BCUT2D eigenvalue weighted by Gasteiger charge is 2.54. The molecule has 0 radical (unpaired) electrons. The maximum absolute atomic E-state index is 12.5. The van der Waals surface area contributed by atoms with Crippen molar-refractivity contribution in [3.05, 3.63) is 0 Å². The first-order valence-corrected chi connectivity index (χ1v) is 5.15. The molecule has 0 rings (SSSR count). The first-order valence-electron chi connectivity index (χ1n) is 5.15. The number of hydrogen-bond acceptors (Lipinski definition) is 2. The van der Waals surface area contributed by atoms with E-state index in [0.29, 0.717) is 6.92 Å². The quantitative estimate of drug-likeness (QED) is 0.814. The summed E-state index contributed by atoms with van der Waals surface area (Å²) in [5.74, 6) is -0.946. The summed E-state index contributed by atoms with van der Waals surface area (Å²) >= 11 is 0. The molecule has 96 valence electrons. The second-order valence-corrected chi connectivity index (χ2v) is 4.40. The van der Waals surface area contributed by atoms with Gasteiger partial charge in [0, 0.05) is 13.6 Å². The van der Waals surface area contributed by atoms with Crippen molar-refractivity contribution in [3.63, 3.8) is 0 Å². The smallest absolute Gasteiger partial charge is 0.344 e. The Bertz CT molecular complexity index is 251. The Hall–Kier alpha value is -0.780. The number of nitrogens with zero attached hydrogens (tertiary/aromatic N) is 1. The van der Waals surface area contributed by atoms with Crippen LogP contribution in [-0.2, 0) is 4.79 Å². The van der Waals surface area contributed by atoms with Crippen LogP contribution in [0, 0.1) is 5.92 Å². The van der Waals surface area contributed by atoms with Crippen LogP contribution in [0.4, 0.5) is 13.2 Å². The highest BCUT2D eigenvalue weighted by atomic mass is 19.4. The third kappa shape index (κ3) is 3.37. The van der Waals surface area contributed by atoms with Crippen LogP contribution in [0.5, 0.6) is 0 Å². The number of carbonyl (C=O) groups excluding carboxylic acids is 1. The van der Waals surface area contributed by atoms with Gasteiger partial charge in [-0.2, -0.15) is 13.2 Å². The molecule has 0 bridgehead atoms. The minimum absolute atomic E-state index is 0.151. The standard InChI is InChI=1S/C10H19F3N2O/c1-5-7(2)6-15(4)8(16)9(3,14)10(11,12)13/h7H,5-6,14H2,1-4H3.